The van der Waals surface area contributed by atoms with Crippen molar-refractivity contribution in [2.45, 2.75) is 33.1 Å². The van der Waals surface area contributed by atoms with E-state index in [0.29, 0.717) is 0 Å². The highest BCUT2D eigenvalue weighted by Crippen LogP contribution is 2.05. The standard InChI is InChI=1S/C7H15NO/c1-3-4-5-6(2)7(8)9/h6H,3-5H2,1-2H3,(H2,8,9)/t6-/m1/s1. The van der Waals surface area contributed by atoms with E-state index < -0.39 is 0 Å². The minimum absolute atomic E-state index is 0.0601. The fourth-order valence-electron chi connectivity index (χ4n) is 0.653. The van der Waals surface area contributed by atoms with Crippen LogP contribution in [-0.4, -0.2) is 5.91 Å². The average molecular weight is 129 g/mol. The Kier molecular flexibility index (Phi) is 4.10. The van der Waals surface area contributed by atoms with Crippen LogP contribution in [0.25, 0.3) is 0 Å². The van der Waals surface area contributed by atoms with E-state index in [1.807, 2.05) is 6.92 Å². The van der Waals surface area contributed by atoms with Gasteiger partial charge in [0.2, 0.25) is 5.91 Å². The smallest absolute Gasteiger partial charge is 0.220 e. The second-order valence-electron chi connectivity index (χ2n) is 2.45. The molecule has 1 amide bonds. The van der Waals surface area contributed by atoms with Crippen molar-refractivity contribution in [1.29, 1.82) is 0 Å². The quantitative estimate of drug-likeness (QED) is 0.610. The first-order valence-electron chi connectivity index (χ1n) is 3.47. The summed E-state index contributed by atoms with van der Waals surface area (Å²) in [4.78, 5) is 10.4. The number of hydrogen-bond acceptors (Lipinski definition) is 1. The van der Waals surface area contributed by atoms with E-state index >= 15 is 0 Å². The Balaban J connectivity index is 3.27. The molecule has 0 saturated heterocycles. The van der Waals surface area contributed by atoms with Gasteiger partial charge in [0.25, 0.3) is 0 Å². The van der Waals surface area contributed by atoms with Crippen molar-refractivity contribution in [2.24, 2.45) is 11.7 Å². The maximum atomic E-state index is 10.4. The van der Waals surface area contributed by atoms with Crippen LogP contribution < -0.4 is 5.73 Å². The summed E-state index contributed by atoms with van der Waals surface area (Å²) in [6.07, 6.45) is 3.17. The molecule has 0 aliphatic rings. The van der Waals surface area contributed by atoms with E-state index in [0.717, 1.165) is 19.3 Å². The van der Waals surface area contributed by atoms with Crippen molar-refractivity contribution in [1.82, 2.24) is 0 Å². The lowest BCUT2D eigenvalue weighted by atomic mass is 10.0. The highest BCUT2D eigenvalue weighted by molar-refractivity contribution is 5.76. The third kappa shape index (κ3) is 4.01. The molecular formula is C7H15NO. The lowest BCUT2D eigenvalue weighted by Gasteiger charge is -2.03. The van der Waals surface area contributed by atoms with Gasteiger partial charge in [0.1, 0.15) is 0 Å². The number of unbranched alkanes of at least 4 members (excludes halogenated alkanes) is 1. The van der Waals surface area contributed by atoms with Crippen LogP contribution in [0.15, 0.2) is 0 Å². The topological polar surface area (TPSA) is 43.1 Å². The molecule has 0 unspecified atom stereocenters. The van der Waals surface area contributed by atoms with Crippen LogP contribution in [0.1, 0.15) is 33.1 Å². The van der Waals surface area contributed by atoms with E-state index in [1.165, 1.54) is 0 Å². The second-order valence-corrected chi connectivity index (χ2v) is 2.45. The van der Waals surface area contributed by atoms with Crippen LogP contribution in [0.5, 0.6) is 0 Å². The minimum Gasteiger partial charge on any atom is -0.369 e. The second kappa shape index (κ2) is 4.36. The molecule has 2 nitrogen and oxygen atoms in total. The van der Waals surface area contributed by atoms with Crippen molar-refractivity contribution in [3.05, 3.63) is 0 Å². The summed E-state index contributed by atoms with van der Waals surface area (Å²) in [5.41, 5.74) is 5.04. The van der Waals surface area contributed by atoms with E-state index in [4.69, 9.17) is 5.73 Å². The fraction of sp³-hybridized carbons (Fsp3) is 0.857. The number of hydrogen-bond donors (Lipinski definition) is 1. The highest BCUT2D eigenvalue weighted by Gasteiger charge is 2.05. The summed E-state index contributed by atoms with van der Waals surface area (Å²) in [5, 5.41) is 0. The van der Waals surface area contributed by atoms with E-state index in [1.54, 1.807) is 0 Å². The lowest BCUT2D eigenvalue weighted by Crippen LogP contribution is -2.20. The van der Waals surface area contributed by atoms with Crippen molar-refractivity contribution in [3.8, 4) is 0 Å². The van der Waals surface area contributed by atoms with Crippen LogP contribution in [0.4, 0.5) is 0 Å². The number of primary amides is 1. The Morgan fingerprint density at radius 3 is 2.56 bits per heavy atom. The van der Waals surface area contributed by atoms with Crippen LogP contribution in [-0.2, 0) is 4.79 Å². The monoisotopic (exact) mass is 129 g/mol. The minimum atomic E-state index is -0.177. The van der Waals surface area contributed by atoms with Gasteiger partial charge in [-0.1, -0.05) is 26.7 Å². The SMILES string of the molecule is CCCC[C@@H](C)C(N)=O. The van der Waals surface area contributed by atoms with Gasteiger partial charge in [0, 0.05) is 5.92 Å². The molecule has 54 valence electrons. The zero-order valence-electron chi connectivity index (χ0n) is 6.18. The molecule has 0 aromatic heterocycles. The number of amides is 1. The van der Waals surface area contributed by atoms with Gasteiger partial charge in [-0.05, 0) is 6.42 Å². The first-order valence-corrected chi connectivity index (χ1v) is 3.47. The molecule has 2 N–H and O–H groups in total. The molecule has 0 saturated carbocycles. The Labute approximate surface area is 56.4 Å². The molecular weight excluding hydrogens is 114 g/mol. The third-order valence-corrected chi connectivity index (χ3v) is 1.48. The van der Waals surface area contributed by atoms with Crippen LogP contribution >= 0.6 is 0 Å². The first-order chi connectivity index (χ1) is 4.18. The van der Waals surface area contributed by atoms with Crippen LogP contribution in [0.3, 0.4) is 0 Å². The van der Waals surface area contributed by atoms with Crippen molar-refractivity contribution in [3.63, 3.8) is 0 Å². The van der Waals surface area contributed by atoms with Crippen molar-refractivity contribution < 1.29 is 4.79 Å². The zero-order valence-corrected chi connectivity index (χ0v) is 6.18. The fourth-order valence-corrected chi connectivity index (χ4v) is 0.653. The van der Waals surface area contributed by atoms with Gasteiger partial charge in [-0.15, -0.1) is 0 Å². The molecule has 0 fully saturated rings. The molecule has 0 aliphatic heterocycles. The summed E-state index contributed by atoms with van der Waals surface area (Å²) in [5.74, 6) is -0.117. The van der Waals surface area contributed by atoms with Gasteiger partial charge in [0.15, 0.2) is 0 Å². The summed E-state index contributed by atoms with van der Waals surface area (Å²) >= 11 is 0. The normalized spacial score (nSPS) is 13.1. The predicted octanol–water partition coefficient (Wildman–Crippen LogP) is 1.30. The van der Waals surface area contributed by atoms with Crippen LogP contribution in [0.2, 0.25) is 0 Å². The first kappa shape index (κ1) is 8.47. The molecule has 0 aliphatic carbocycles. The van der Waals surface area contributed by atoms with Gasteiger partial charge in [0.05, 0.1) is 0 Å². The lowest BCUT2D eigenvalue weighted by molar-refractivity contribution is -0.121. The summed E-state index contributed by atoms with van der Waals surface area (Å²) < 4.78 is 0. The Morgan fingerprint density at radius 2 is 2.22 bits per heavy atom. The number of nitrogens with two attached hydrogens (primary N) is 1. The van der Waals surface area contributed by atoms with Crippen molar-refractivity contribution in [2.75, 3.05) is 0 Å². The number of carbonyl (C=O) groups is 1. The third-order valence-electron chi connectivity index (χ3n) is 1.48. The van der Waals surface area contributed by atoms with Gasteiger partial charge >= 0.3 is 0 Å². The van der Waals surface area contributed by atoms with Crippen molar-refractivity contribution >= 4 is 5.91 Å². The van der Waals surface area contributed by atoms with E-state index in [9.17, 15) is 4.79 Å². The van der Waals surface area contributed by atoms with Gasteiger partial charge in [-0.25, -0.2) is 0 Å². The van der Waals surface area contributed by atoms with Gasteiger partial charge in [-0.2, -0.15) is 0 Å². The maximum absolute atomic E-state index is 10.4. The molecule has 0 aromatic carbocycles. The van der Waals surface area contributed by atoms with Gasteiger partial charge < -0.3 is 5.73 Å². The molecule has 0 bridgehead atoms. The average Bonchev–Trinajstić information content (AvgIpc) is 1.82. The largest absolute Gasteiger partial charge is 0.369 e. The predicted molar refractivity (Wildman–Crippen MR) is 37.9 cm³/mol. The van der Waals surface area contributed by atoms with E-state index in [2.05, 4.69) is 6.92 Å². The van der Waals surface area contributed by atoms with E-state index in [-0.39, 0.29) is 11.8 Å². The van der Waals surface area contributed by atoms with Gasteiger partial charge in [-0.3, -0.25) is 4.79 Å². The summed E-state index contributed by atoms with van der Waals surface area (Å²) in [6, 6.07) is 0. The zero-order chi connectivity index (χ0) is 7.28. The maximum Gasteiger partial charge on any atom is 0.220 e. The molecule has 0 heterocycles. The Morgan fingerprint density at radius 1 is 1.67 bits per heavy atom. The Bertz CT molecular complexity index is 90.9. The Hall–Kier alpha value is -0.530. The molecule has 0 aromatic rings. The number of carbonyl (C=O) groups excluding carboxylic acids is 1. The molecule has 2 heteroatoms. The number of rotatable bonds is 4. The molecule has 0 radical (unpaired) electrons. The molecule has 0 rings (SSSR count). The molecule has 0 spiro atoms. The highest BCUT2D eigenvalue weighted by atomic mass is 16.1. The van der Waals surface area contributed by atoms with Crippen LogP contribution in [0, 0.1) is 5.92 Å². The summed E-state index contributed by atoms with van der Waals surface area (Å²) in [7, 11) is 0. The summed E-state index contributed by atoms with van der Waals surface area (Å²) in [6.45, 7) is 3.98. The molecule has 9 heavy (non-hydrogen) atoms. The molecule has 1 atom stereocenters.